The summed E-state index contributed by atoms with van der Waals surface area (Å²) in [6.07, 6.45) is 4.88. The Hall–Kier alpha value is -2.43. The van der Waals surface area contributed by atoms with Crippen molar-refractivity contribution in [1.29, 1.82) is 0 Å². The van der Waals surface area contributed by atoms with E-state index in [4.69, 9.17) is 0 Å². The van der Waals surface area contributed by atoms with Crippen LogP contribution in [0.4, 0.5) is 11.5 Å². The molecule has 2 rings (SSSR count). The van der Waals surface area contributed by atoms with Crippen molar-refractivity contribution >= 4 is 17.4 Å². The van der Waals surface area contributed by atoms with Gasteiger partial charge in [-0.05, 0) is 30.7 Å². The summed E-state index contributed by atoms with van der Waals surface area (Å²) in [5.41, 5.74) is 2.18. The molecule has 0 saturated carbocycles. The molecule has 0 aromatic carbocycles. The molecule has 5 heteroatoms. The van der Waals surface area contributed by atoms with Gasteiger partial charge in [0, 0.05) is 19.4 Å². The van der Waals surface area contributed by atoms with E-state index in [-0.39, 0.29) is 5.91 Å². The highest BCUT2D eigenvalue weighted by Gasteiger charge is 2.06. The summed E-state index contributed by atoms with van der Waals surface area (Å²) in [5, 5.41) is 5.67. The van der Waals surface area contributed by atoms with Gasteiger partial charge in [0.15, 0.2) is 0 Å². The van der Waals surface area contributed by atoms with Crippen molar-refractivity contribution in [3.05, 3.63) is 47.9 Å². The summed E-state index contributed by atoms with van der Waals surface area (Å²) in [6, 6.07) is 5.33. The zero-order valence-electron chi connectivity index (χ0n) is 10.3. The lowest BCUT2D eigenvalue weighted by molar-refractivity contribution is 0.102. The molecular formula is C13H14N4O. The Bertz CT molecular complexity index is 551. The SMILES string of the molecule is CNc1ccc(C(=O)Nc2cncc(C)c2)cn1. The van der Waals surface area contributed by atoms with Crippen molar-refractivity contribution in [1.82, 2.24) is 9.97 Å². The van der Waals surface area contributed by atoms with Gasteiger partial charge in [-0.25, -0.2) is 4.98 Å². The Balaban J connectivity index is 2.11. The van der Waals surface area contributed by atoms with Crippen LogP contribution >= 0.6 is 0 Å². The van der Waals surface area contributed by atoms with E-state index < -0.39 is 0 Å². The van der Waals surface area contributed by atoms with E-state index in [1.807, 2.05) is 13.0 Å². The first-order chi connectivity index (χ1) is 8.69. The van der Waals surface area contributed by atoms with E-state index in [0.717, 1.165) is 11.4 Å². The first kappa shape index (κ1) is 12.0. The van der Waals surface area contributed by atoms with Gasteiger partial charge in [-0.15, -0.1) is 0 Å². The number of carbonyl (C=O) groups excluding carboxylic acids is 1. The van der Waals surface area contributed by atoms with Crippen LogP contribution in [0.1, 0.15) is 15.9 Å². The number of nitrogens with one attached hydrogen (secondary N) is 2. The normalized spacial score (nSPS) is 9.89. The molecule has 0 radical (unpaired) electrons. The summed E-state index contributed by atoms with van der Waals surface area (Å²) in [6.45, 7) is 1.92. The van der Waals surface area contributed by atoms with Gasteiger partial charge in [-0.2, -0.15) is 0 Å². The molecule has 0 atom stereocenters. The third-order valence-electron chi connectivity index (χ3n) is 2.41. The number of hydrogen-bond donors (Lipinski definition) is 2. The topological polar surface area (TPSA) is 66.9 Å². The van der Waals surface area contributed by atoms with E-state index in [2.05, 4.69) is 20.6 Å². The second-order valence-electron chi connectivity index (χ2n) is 3.89. The van der Waals surface area contributed by atoms with Gasteiger partial charge in [0.05, 0.1) is 17.4 Å². The molecule has 5 nitrogen and oxygen atoms in total. The van der Waals surface area contributed by atoms with Crippen molar-refractivity contribution < 1.29 is 4.79 Å². The molecule has 0 saturated heterocycles. The Labute approximate surface area is 105 Å². The zero-order chi connectivity index (χ0) is 13.0. The smallest absolute Gasteiger partial charge is 0.257 e. The Morgan fingerprint density at radius 3 is 2.67 bits per heavy atom. The molecule has 92 valence electrons. The molecule has 2 N–H and O–H groups in total. The van der Waals surface area contributed by atoms with Crippen LogP contribution in [0.25, 0.3) is 0 Å². The highest BCUT2D eigenvalue weighted by Crippen LogP contribution is 2.10. The number of nitrogens with zero attached hydrogens (tertiary/aromatic N) is 2. The number of aryl methyl sites for hydroxylation is 1. The average Bonchev–Trinajstić information content (AvgIpc) is 2.39. The lowest BCUT2D eigenvalue weighted by atomic mass is 10.2. The molecule has 0 aliphatic carbocycles. The molecule has 0 aliphatic heterocycles. The van der Waals surface area contributed by atoms with Crippen LogP contribution < -0.4 is 10.6 Å². The van der Waals surface area contributed by atoms with Gasteiger partial charge in [0.1, 0.15) is 5.82 Å². The zero-order valence-corrected chi connectivity index (χ0v) is 10.3. The van der Waals surface area contributed by atoms with Crippen LogP contribution in [-0.2, 0) is 0 Å². The van der Waals surface area contributed by atoms with E-state index in [1.54, 1.807) is 31.6 Å². The quantitative estimate of drug-likeness (QED) is 0.864. The highest BCUT2D eigenvalue weighted by molar-refractivity contribution is 6.04. The predicted octanol–water partition coefficient (Wildman–Crippen LogP) is 2.08. The van der Waals surface area contributed by atoms with Gasteiger partial charge in [-0.3, -0.25) is 9.78 Å². The summed E-state index contributed by atoms with van der Waals surface area (Å²) >= 11 is 0. The molecule has 0 bridgehead atoms. The van der Waals surface area contributed by atoms with Crippen LogP contribution in [0.3, 0.4) is 0 Å². The molecule has 18 heavy (non-hydrogen) atoms. The lowest BCUT2D eigenvalue weighted by Gasteiger charge is -2.06. The minimum Gasteiger partial charge on any atom is -0.373 e. The van der Waals surface area contributed by atoms with Crippen molar-refractivity contribution in [3.63, 3.8) is 0 Å². The van der Waals surface area contributed by atoms with Crippen molar-refractivity contribution in [2.45, 2.75) is 6.92 Å². The van der Waals surface area contributed by atoms with Gasteiger partial charge in [-0.1, -0.05) is 0 Å². The van der Waals surface area contributed by atoms with E-state index in [1.165, 1.54) is 6.20 Å². The Morgan fingerprint density at radius 2 is 2.06 bits per heavy atom. The van der Waals surface area contributed by atoms with Crippen molar-refractivity contribution in [2.24, 2.45) is 0 Å². The molecule has 2 aromatic heterocycles. The van der Waals surface area contributed by atoms with Crippen LogP contribution in [0.2, 0.25) is 0 Å². The molecule has 0 spiro atoms. The second-order valence-corrected chi connectivity index (χ2v) is 3.89. The largest absolute Gasteiger partial charge is 0.373 e. The lowest BCUT2D eigenvalue weighted by Crippen LogP contribution is -2.12. The maximum Gasteiger partial charge on any atom is 0.257 e. The summed E-state index contributed by atoms with van der Waals surface area (Å²) < 4.78 is 0. The number of amides is 1. The monoisotopic (exact) mass is 242 g/mol. The van der Waals surface area contributed by atoms with E-state index in [9.17, 15) is 4.79 Å². The summed E-state index contributed by atoms with van der Waals surface area (Å²) in [7, 11) is 1.78. The molecule has 1 amide bonds. The molecule has 0 aliphatic rings. The number of anilines is 2. The van der Waals surface area contributed by atoms with Gasteiger partial charge >= 0.3 is 0 Å². The van der Waals surface area contributed by atoms with Crippen LogP contribution in [0, 0.1) is 6.92 Å². The summed E-state index contributed by atoms with van der Waals surface area (Å²) in [5.74, 6) is 0.529. The highest BCUT2D eigenvalue weighted by atomic mass is 16.1. The maximum absolute atomic E-state index is 11.9. The van der Waals surface area contributed by atoms with Gasteiger partial charge in [0.2, 0.25) is 0 Å². The third-order valence-corrected chi connectivity index (χ3v) is 2.41. The van der Waals surface area contributed by atoms with Crippen LogP contribution in [0.15, 0.2) is 36.8 Å². The average molecular weight is 242 g/mol. The van der Waals surface area contributed by atoms with Crippen molar-refractivity contribution in [3.8, 4) is 0 Å². The molecule has 2 aromatic rings. The third kappa shape index (κ3) is 2.82. The molecule has 0 unspecified atom stereocenters. The number of rotatable bonds is 3. The Morgan fingerprint density at radius 1 is 1.22 bits per heavy atom. The van der Waals surface area contributed by atoms with Gasteiger partial charge in [0.25, 0.3) is 5.91 Å². The van der Waals surface area contributed by atoms with Crippen molar-refractivity contribution in [2.75, 3.05) is 17.7 Å². The molecule has 0 fully saturated rings. The number of hydrogen-bond acceptors (Lipinski definition) is 4. The number of carbonyl (C=O) groups is 1. The van der Waals surface area contributed by atoms with Crippen LogP contribution in [0.5, 0.6) is 0 Å². The fourth-order valence-corrected chi connectivity index (χ4v) is 1.50. The van der Waals surface area contributed by atoms with E-state index >= 15 is 0 Å². The minimum absolute atomic E-state index is 0.197. The van der Waals surface area contributed by atoms with Crippen LogP contribution in [-0.4, -0.2) is 22.9 Å². The summed E-state index contributed by atoms with van der Waals surface area (Å²) in [4.78, 5) is 20.0. The fraction of sp³-hybridized carbons (Fsp3) is 0.154. The Kier molecular flexibility index (Phi) is 3.52. The standard InChI is InChI=1S/C13H14N4O/c1-9-5-11(8-15-6-9)17-13(18)10-3-4-12(14-2)16-7-10/h3-8H,1-2H3,(H,14,16)(H,17,18). The minimum atomic E-state index is -0.197. The first-order valence-electron chi connectivity index (χ1n) is 5.56. The predicted molar refractivity (Wildman–Crippen MR) is 70.7 cm³/mol. The first-order valence-corrected chi connectivity index (χ1v) is 5.56. The van der Waals surface area contributed by atoms with Gasteiger partial charge < -0.3 is 10.6 Å². The maximum atomic E-state index is 11.9. The fourth-order valence-electron chi connectivity index (χ4n) is 1.50. The van der Waals surface area contributed by atoms with E-state index in [0.29, 0.717) is 11.3 Å². The second kappa shape index (κ2) is 5.27. The number of aromatic nitrogens is 2. The molecule has 2 heterocycles. The molecular weight excluding hydrogens is 228 g/mol. The number of pyridine rings is 2.